The second-order valence-corrected chi connectivity index (χ2v) is 5.31. The molecule has 0 spiro atoms. The number of rotatable bonds is 6. The number of hydrogen-bond acceptors (Lipinski definition) is 2. The monoisotopic (exact) mass is 223 g/mol. The Labute approximate surface area is 100.0 Å². The largest absolute Gasteiger partial charge is 0.381 e. The highest BCUT2D eigenvalue weighted by molar-refractivity contribution is 5.01. The average Bonchev–Trinajstić information content (AvgIpc) is 2.29. The van der Waals surface area contributed by atoms with Crippen molar-refractivity contribution in [3.05, 3.63) is 0 Å². The third-order valence-electron chi connectivity index (χ3n) is 3.70. The maximum atomic E-state index is 9.36. The molecule has 0 radical (unpaired) electrons. The van der Waals surface area contributed by atoms with Crippen LogP contribution in [0.25, 0.3) is 0 Å². The zero-order chi connectivity index (χ0) is 11.9. The van der Waals surface area contributed by atoms with Crippen LogP contribution >= 0.6 is 0 Å². The molecule has 1 aliphatic rings. The van der Waals surface area contributed by atoms with E-state index in [9.17, 15) is 5.26 Å². The zero-order valence-corrected chi connectivity index (χ0v) is 10.8. The van der Waals surface area contributed by atoms with Gasteiger partial charge in [-0.25, -0.2) is 0 Å². The second kappa shape index (κ2) is 6.91. The Morgan fingerprint density at radius 1 is 1.44 bits per heavy atom. The first-order chi connectivity index (χ1) is 7.72. The van der Waals surface area contributed by atoms with Gasteiger partial charge in [-0.2, -0.15) is 5.26 Å². The summed E-state index contributed by atoms with van der Waals surface area (Å²) >= 11 is 0. The van der Waals surface area contributed by atoms with Gasteiger partial charge < -0.3 is 4.74 Å². The van der Waals surface area contributed by atoms with Crippen LogP contribution in [-0.4, -0.2) is 13.2 Å². The SMILES string of the molecule is CCCCOCCC1(C#N)CCCC(C)C1. The van der Waals surface area contributed by atoms with Gasteiger partial charge in [0.15, 0.2) is 0 Å². The molecular weight excluding hydrogens is 198 g/mol. The van der Waals surface area contributed by atoms with Gasteiger partial charge in [0, 0.05) is 13.2 Å². The molecule has 2 atom stereocenters. The van der Waals surface area contributed by atoms with Crippen LogP contribution in [0.3, 0.4) is 0 Å². The van der Waals surface area contributed by atoms with Crippen LogP contribution in [0.5, 0.6) is 0 Å². The molecule has 0 aromatic rings. The lowest BCUT2D eigenvalue weighted by Gasteiger charge is -2.34. The van der Waals surface area contributed by atoms with E-state index in [2.05, 4.69) is 19.9 Å². The predicted octanol–water partition coefficient (Wildman–Crippen LogP) is 3.91. The van der Waals surface area contributed by atoms with Gasteiger partial charge in [-0.1, -0.05) is 33.1 Å². The normalized spacial score (nSPS) is 29.9. The van der Waals surface area contributed by atoms with Crippen molar-refractivity contribution in [2.45, 2.75) is 58.8 Å². The van der Waals surface area contributed by atoms with Gasteiger partial charge in [-0.05, 0) is 31.6 Å². The molecule has 92 valence electrons. The molecule has 0 N–H and O–H groups in total. The first kappa shape index (κ1) is 13.5. The molecule has 1 fully saturated rings. The van der Waals surface area contributed by atoms with Crippen molar-refractivity contribution >= 4 is 0 Å². The fourth-order valence-corrected chi connectivity index (χ4v) is 2.66. The Bertz CT molecular complexity index is 233. The lowest BCUT2D eigenvalue weighted by atomic mass is 9.69. The summed E-state index contributed by atoms with van der Waals surface area (Å²) in [6.45, 7) is 6.06. The molecule has 0 bridgehead atoms. The molecule has 0 amide bonds. The molecule has 16 heavy (non-hydrogen) atoms. The Hall–Kier alpha value is -0.550. The van der Waals surface area contributed by atoms with Gasteiger partial charge in [0.25, 0.3) is 0 Å². The molecule has 2 heteroatoms. The lowest BCUT2D eigenvalue weighted by molar-refractivity contribution is 0.0864. The van der Waals surface area contributed by atoms with Crippen LogP contribution in [0.1, 0.15) is 58.8 Å². The summed E-state index contributed by atoms with van der Waals surface area (Å²) in [6.07, 6.45) is 7.89. The molecule has 0 heterocycles. The highest BCUT2D eigenvalue weighted by atomic mass is 16.5. The standard InChI is InChI=1S/C14H25NO/c1-3-4-9-16-10-8-14(12-15)7-5-6-13(2)11-14/h13H,3-11H2,1-2H3. The average molecular weight is 223 g/mol. The van der Waals surface area contributed by atoms with Crippen LogP contribution in [0.2, 0.25) is 0 Å². The van der Waals surface area contributed by atoms with E-state index >= 15 is 0 Å². The molecular formula is C14H25NO. The quantitative estimate of drug-likeness (QED) is 0.639. The van der Waals surface area contributed by atoms with E-state index in [-0.39, 0.29) is 5.41 Å². The Balaban J connectivity index is 2.28. The molecule has 2 nitrogen and oxygen atoms in total. The van der Waals surface area contributed by atoms with Gasteiger partial charge in [0.2, 0.25) is 0 Å². The van der Waals surface area contributed by atoms with Crippen LogP contribution in [0, 0.1) is 22.7 Å². The molecule has 0 saturated heterocycles. The minimum Gasteiger partial charge on any atom is -0.381 e. The van der Waals surface area contributed by atoms with Gasteiger partial charge in [-0.3, -0.25) is 0 Å². The number of nitrogens with zero attached hydrogens (tertiary/aromatic N) is 1. The van der Waals surface area contributed by atoms with Crippen molar-refractivity contribution in [3.63, 3.8) is 0 Å². The first-order valence-corrected chi connectivity index (χ1v) is 6.71. The number of nitriles is 1. The summed E-state index contributed by atoms with van der Waals surface area (Å²) < 4.78 is 5.59. The van der Waals surface area contributed by atoms with Crippen LogP contribution < -0.4 is 0 Å². The van der Waals surface area contributed by atoms with Gasteiger partial charge in [0.05, 0.1) is 11.5 Å². The molecule has 1 rings (SSSR count). The predicted molar refractivity (Wildman–Crippen MR) is 66.0 cm³/mol. The highest BCUT2D eigenvalue weighted by Gasteiger charge is 2.34. The highest BCUT2D eigenvalue weighted by Crippen LogP contribution is 2.41. The number of unbranched alkanes of at least 4 members (excludes halogenated alkanes) is 1. The van der Waals surface area contributed by atoms with Crippen LogP contribution in [0.15, 0.2) is 0 Å². The molecule has 2 unspecified atom stereocenters. The Morgan fingerprint density at radius 3 is 2.88 bits per heavy atom. The van der Waals surface area contributed by atoms with Crippen molar-refractivity contribution < 1.29 is 4.74 Å². The third kappa shape index (κ3) is 4.14. The summed E-state index contributed by atoms with van der Waals surface area (Å²) in [4.78, 5) is 0. The fraction of sp³-hybridized carbons (Fsp3) is 0.929. The summed E-state index contributed by atoms with van der Waals surface area (Å²) in [7, 11) is 0. The van der Waals surface area contributed by atoms with E-state index in [1.54, 1.807) is 0 Å². The smallest absolute Gasteiger partial charge is 0.0690 e. The van der Waals surface area contributed by atoms with Crippen molar-refractivity contribution in [3.8, 4) is 6.07 Å². The van der Waals surface area contributed by atoms with Gasteiger partial charge in [0.1, 0.15) is 0 Å². The lowest BCUT2D eigenvalue weighted by Crippen LogP contribution is -2.27. The topological polar surface area (TPSA) is 33.0 Å². The van der Waals surface area contributed by atoms with E-state index in [1.165, 1.54) is 19.3 Å². The van der Waals surface area contributed by atoms with Crippen molar-refractivity contribution in [1.29, 1.82) is 5.26 Å². The van der Waals surface area contributed by atoms with Crippen LogP contribution in [-0.2, 0) is 4.74 Å². The van der Waals surface area contributed by atoms with E-state index in [1.807, 2.05) is 0 Å². The van der Waals surface area contributed by atoms with Crippen molar-refractivity contribution in [2.75, 3.05) is 13.2 Å². The van der Waals surface area contributed by atoms with Gasteiger partial charge in [-0.15, -0.1) is 0 Å². The molecule has 0 aromatic carbocycles. The molecule has 1 saturated carbocycles. The van der Waals surface area contributed by atoms with Crippen molar-refractivity contribution in [1.82, 2.24) is 0 Å². The maximum absolute atomic E-state index is 9.36. The minimum atomic E-state index is -0.0795. The summed E-state index contributed by atoms with van der Waals surface area (Å²) in [6, 6.07) is 2.56. The number of ether oxygens (including phenoxy) is 1. The zero-order valence-electron chi connectivity index (χ0n) is 10.8. The number of hydrogen-bond donors (Lipinski definition) is 0. The van der Waals surface area contributed by atoms with Gasteiger partial charge >= 0.3 is 0 Å². The Kier molecular flexibility index (Phi) is 5.84. The maximum Gasteiger partial charge on any atom is 0.0690 e. The Morgan fingerprint density at radius 2 is 2.25 bits per heavy atom. The fourth-order valence-electron chi connectivity index (χ4n) is 2.66. The van der Waals surface area contributed by atoms with E-state index in [0.29, 0.717) is 5.92 Å². The molecule has 0 aliphatic heterocycles. The third-order valence-corrected chi connectivity index (χ3v) is 3.70. The summed E-state index contributed by atoms with van der Waals surface area (Å²) in [5.74, 6) is 0.712. The summed E-state index contributed by atoms with van der Waals surface area (Å²) in [5, 5.41) is 9.36. The second-order valence-electron chi connectivity index (χ2n) is 5.31. The minimum absolute atomic E-state index is 0.0795. The first-order valence-electron chi connectivity index (χ1n) is 6.71. The molecule has 1 aliphatic carbocycles. The van der Waals surface area contributed by atoms with E-state index < -0.39 is 0 Å². The van der Waals surface area contributed by atoms with E-state index in [4.69, 9.17) is 4.74 Å². The van der Waals surface area contributed by atoms with Crippen LogP contribution in [0.4, 0.5) is 0 Å². The van der Waals surface area contributed by atoms with Crippen molar-refractivity contribution in [2.24, 2.45) is 11.3 Å². The summed E-state index contributed by atoms with van der Waals surface area (Å²) in [5.41, 5.74) is -0.0795. The molecule has 0 aromatic heterocycles. The van der Waals surface area contributed by atoms with E-state index in [0.717, 1.165) is 38.9 Å².